The summed E-state index contributed by atoms with van der Waals surface area (Å²) in [6.45, 7) is 4.63. The molecule has 0 aliphatic carbocycles. The van der Waals surface area contributed by atoms with Crippen LogP contribution in [0.4, 0.5) is 5.95 Å². The molecule has 142 valence electrons. The zero-order valence-electron chi connectivity index (χ0n) is 15.9. The summed E-state index contributed by atoms with van der Waals surface area (Å²) < 4.78 is 0. The normalized spacial score (nSPS) is 18.7. The molecule has 0 radical (unpaired) electrons. The average Bonchev–Trinajstić information content (AvgIpc) is 3.17. The van der Waals surface area contributed by atoms with Crippen LogP contribution in [-0.2, 0) is 6.42 Å². The summed E-state index contributed by atoms with van der Waals surface area (Å²) in [5.41, 5.74) is 4.36. The number of nitrogens with one attached hydrogen (secondary N) is 2. The van der Waals surface area contributed by atoms with E-state index in [4.69, 9.17) is 4.98 Å². The van der Waals surface area contributed by atoms with Gasteiger partial charge in [0.15, 0.2) is 0 Å². The fourth-order valence-electron chi connectivity index (χ4n) is 3.80. The molecule has 0 spiro atoms. The SMILES string of the molecule is CCc1ccc(C(O)CNC2CCCN(c3nc4ccccc4[nH]3)C2)cc1. The molecule has 5 heteroatoms. The van der Waals surface area contributed by atoms with Gasteiger partial charge in [0, 0.05) is 25.7 Å². The van der Waals surface area contributed by atoms with E-state index in [0.29, 0.717) is 12.6 Å². The molecule has 1 aliphatic heterocycles. The van der Waals surface area contributed by atoms with Crippen molar-refractivity contribution in [2.24, 2.45) is 0 Å². The van der Waals surface area contributed by atoms with Crippen molar-refractivity contribution in [2.75, 3.05) is 24.5 Å². The summed E-state index contributed by atoms with van der Waals surface area (Å²) in [5.74, 6) is 0.943. The quantitative estimate of drug-likeness (QED) is 0.627. The van der Waals surface area contributed by atoms with Crippen LogP contribution >= 0.6 is 0 Å². The lowest BCUT2D eigenvalue weighted by Crippen LogP contribution is -2.47. The summed E-state index contributed by atoms with van der Waals surface area (Å²) in [6, 6.07) is 16.8. The zero-order chi connectivity index (χ0) is 18.6. The van der Waals surface area contributed by atoms with Crippen LogP contribution in [0.25, 0.3) is 11.0 Å². The molecule has 0 amide bonds. The number of H-pyrrole nitrogens is 1. The summed E-state index contributed by atoms with van der Waals surface area (Å²) in [5, 5.41) is 14.0. The topological polar surface area (TPSA) is 64.2 Å². The molecule has 2 unspecified atom stereocenters. The number of imidazole rings is 1. The van der Waals surface area contributed by atoms with E-state index in [1.165, 1.54) is 5.56 Å². The Morgan fingerprint density at radius 2 is 2.04 bits per heavy atom. The number of rotatable bonds is 6. The van der Waals surface area contributed by atoms with E-state index in [-0.39, 0.29) is 0 Å². The highest BCUT2D eigenvalue weighted by Crippen LogP contribution is 2.21. The van der Waals surface area contributed by atoms with Crippen LogP contribution < -0.4 is 10.2 Å². The van der Waals surface area contributed by atoms with Crippen molar-refractivity contribution in [3.63, 3.8) is 0 Å². The van der Waals surface area contributed by atoms with Crippen molar-refractivity contribution in [3.8, 4) is 0 Å². The molecular weight excluding hydrogens is 336 g/mol. The van der Waals surface area contributed by atoms with Crippen molar-refractivity contribution in [2.45, 2.75) is 38.3 Å². The van der Waals surface area contributed by atoms with Gasteiger partial charge in [-0.1, -0.05) is 43.3 Å². The fraction of sp³-hybridized carbons (Fsp3) is 0.409. The Hall–Kier alpha value is -2.37. The Morgan fingerprint density at radius 1 is 1.22 bits per heavy atom. The van der Waals surface area contributed by atoms with Gasteiger partial charge in [0.1, 0.15) is 0 Å². The van der Waals surface area contributed by atoms with Crippen LogP contribution in [0.2, 0.25) is 0 Å². The first-order chi connectivity index (χ1) is 13.2. The molecule has 3 aromatic rings. The molecule has 4 rings (SSSR count). The maximum Gasteiger partial charge on any atom is 0.203 e. The third kappa shape index (κ3) is 4.15. The minimum absolute atomic E-state index is 0.358. The predicted molar refractivity (Wildman–Crippen MR) is 110 cm³/mol. The third-order valence-electron chi connectivity index (χ3n) is 5.47. The molecular formula is C22H28N4O. The number of aromatic nitrogens is 2. The van der Waals surface area contributed by atoms with Gasteiger partial charge in [-0.05, 0) is 42.5 Å². The average molecular weight is 364 g/mol. The lowest BCUT2D eigenvalue weighted by molar-refractivity contribution is 0.168. The van der Waals surface area contributed by atoms with Crippen molar-refractivity contribution in [3.05, 3.63) is 59.7 Å². The lowest BCUT2D eigenvalue weighted by Gasteiger charge is -2.33. The minimum atomic E-state index is -0.475. The predicted octanol–water partition coefficient (Wildman–Crippen LogP) is 3.42. The highest BCUT2D eigenvalue weighted by molar-refractivity contribution is 5.77. The number of aromatic amines is 1. The Morgan fingerprint density at radius 3 is 2.81 bits per heavy atom. The van der Waals surface area contributed by atoms with Gasteiger partial charge in [0.2, 0.25) is 5.95 Å². The second kappa shape index (κ2) is 8.11. The number of piperidine rings is 1. The van der Waals surface area contributed by atoms with Gasteiger partial charge < -0.3 is 20.3 Å². The number of aliphatic hydroxyl groups excluding tert-OH is 1. The van der Waals surface area contributed by atoms with E-state index < -0.39 is 6.10 Å². The smallest absolute Gasteiger partial charge is 0.203 e. The van der Waals surface area contributed by atoms with Crippen LogP contribution in [0.1, 0.15) is 37.0 Å². The summed E-state index contributed by atoms with van der Waals surface area (Å²) in [6.07, 6.45) is 2.79. The minimum Gasteiger partial charge on any atom is -0.387 e. The molecule has 1 aliphatic rings. The van der Waals surface area contributed by atoms with Crippen LogP contribution in [0.15, 0.2) is 48.5 Å². The van der Waals surface area contributed by atoms with Gasteiger partial charge in [-0.15, -0.1) is 0 Å². The number of aliphatic hydroxyl groups is 1. The highest BCUT2D eigenvalue weighted by Gasteiger charge is 2.22. The standard InChI is InChI=1S/C22H28N4O/c1-2-16-9-11-17(12-10-16)21(27)14-23-18-6-5-13-26(15-18)22-24-19-7-3-4-8-20(19)25-22/h3-4,7-12,18,21,23,27H,2,5-6,13-15H2,1H3,(H,24,25). The Labute approximate surface area is 160 Å². The van der Waals surface area contributed by atoms with Crippen molar-refractivity contribution in [1.29, 1.82) is 0 Å². The van der Waals surface area contributed by atoms with Crippen LogP contribution in [0.3, 0.4) is 0 Å². The number of benzene rings is 2. The number of para-hydroxylation sites is 2. The number of aryl methyl sites for hydroxylation is 1. The zero-order valence-corrected chi connectivity index (χ0v) is 15.9. The molecule has 2 atom stereocenters. The van der Waals surface area contributed by atoms with E-state index >= 15 is 0 Å². The molecule has 1 aromatic heterocycles. The fourth-order valence-corrected chi connectivity index (χ4v) is 3.80. The molecule has 2 heterocycles. The van der Waals surface area contributed by atoms with Gasteiger partial charge in [0.05, 0.1) is 17.1 Å². The number of nitrogens with zero attached hydrogens (tertiary/aromatic N) is 2. The monoisotopic (exact) mass is 364 g/mol. The molecule has 27 heavy (non-hydrogen) atoms. The largest absolute Gasteiger partial charge is 0.387 e. The van der Waals surface area contributed by atoms with Gasteiger partial charge in [-0.25, -0.2) is 4.98 Å². The molecule has 2 aromatic carbocycles. The first-order valence-corrected chi connectivity index (χ1v) is 9.93. The second-order valence-electron chi connectivity index (χ2n) is 7.38. The Balaban J connectivity index is 1.35. The number of anilines is 1. The molecule has 0 saturated carbocycles. The molecule has 5 nitrogen and oxygen atoms in total. The van der Waals surface area contributed by atoms with E-state index in [9.17, 15) is 5.11 Å². The first kappa shape index (κ1) is 18.0. The molecule has 0 bridgehead atoms. The van der Waals surface area contributed by atoms with Gasteiger partial charge in [0.25, 0.3) is 0 Å². The summed E-state index contributed by atoms with van der Waals surface area (Å²) in [7, 11) is 0. The highest BCUT2D eigenvalue weighted by atomic mass is 16.3. The van der Waals surface area contributed by atoms with Gasteiger partial charge >= 0.3 is 0 Å². The van der Waals surface area contributed by atoms with E-state index in [1.807, 2.05) is 30.3 Å². The second-order valence-corrected chi connectivity index (χ2v) is 7.38. The maximum absolute atomic E-state index is 10.5. The lowest BCUT2D eigenvalue weighted by atomic mass is 10.0. The third-order valence-corrected chi connectivity index (χ3v) is 5.47. The van der Waals surface area contributed by atoms with Crippen molar-refractivity contribution in [1.82, 2.24) is 15.3 Å². The van der Waals surface area contributed by atoms with Crippen LogP contribution in [0.5, 0.6) is 0 Å². The van der Waals surface area contributed by atoms with Crippen LogP contribution in [0, 0.1) is 0 Å². The molecule has 1 fully saturated rings. The summed E-state index contributed by atoms with van der Waals surface area (Å²) in [4.78, 5) is 10.5. The van der Waals surface area contributed by atoms with Crippen molar-refractivity contribution < 1.29 is 5.11 Å². The van der Waals surface area contributed by atoms with E-state index in [0.717, 1.165) is 54.9 Å². The van der Waals surface area contributed by atoms with E-state index in [2.05, 4.69) is 40.3 Å². The molecule has 1 saturated heterocycles. The van der Waals surface area contributed by atoms with Crippen LogP contribution in [-0.4, -0.2) is 40.8 Å². The van der Waals surface area contributed by atoms with Crippen molar-refractivity contribution >= 4 is 17.0 Å². The Bertz CT molecular complexity index is 840. The molecule has 3 N–H and O–H groups in total. The van der Waals surface area contributed by atoms with Gasteiger partial charge in [-0.2, -0.15) is 0 Å². The first-order valence-electron chi connectivity index (χ1n) is 9.93. The Kier molecular flexibility index (Phi) is 5.41. The number of hydrogen-bond acceptors (Lipinski definition) is 4. The summed E-state index contributed by atoms with van der Waals surface area (Å²) >= 11 is 0. The maximum atomic E-state index is 10.5. The van der Waals surface area contributed by atoms with Gasteiger partial charge in [-0.3, -0.25) is 0 Å². The number of fused-ring (bicyclic) bond motifs is 1. The number of hydrogen-bond donors (Lipinski definition) is 3. The van der Waals surface area contributed by atoms with E-state index in [1.54, 1.807) is 0 Å².